The Bertz CT molecular complexity index is 653. The van der Waals surface area contributed by atoms with Crippen molar-refractivity contribution in [2.45, 2.75) is 31.9 Å². The summed E-state index contributed by atoms with van der Waals surface area (Å²) in [6.07, 6.45) is -13.0. The van der Waals surface area contributed by atoms with Gasteiger partial charge in [-0.3, -0.25) is 0 Å². The molecule has 0 heterocycles. The Hall–Kier alpha value is -2.07. The van der Waals surface area contributed by atoms with E-state index in [0.717, 1.165) is 7.11 Å². The second-order valence-electron chi connectivity index (χ2n) is 3.43. The molecule has 0 aliphatic rings. The normalized spacial score (nSPS) is 16.7. The van der Waals surface area contributed by atoms with Crippen LogP contribution in [0.4, 0.5) is 30.7 Å². The van der Waals surface area contributed by atoms with Gasteiger partial charge >= 0.3 is 30.1 Å². The molecule has 0 bridgehead atoms. The molecule has 11 heteroatoms. The van der Waals surface area contributed by atoms with Gasteiger partial charge in [-0.2, -0.15) is 30.7 Å². The molecular formula is C12H13F7O4. The largest absolute Gasteiger partial charge is 0.476 e. The number of carbonyl (C=O) groups excluding carboxylic acids is 2. The van der Waals surface area contributed by atoms with Crippen LogP contribution in [0.3, 0.4) is 0 Å². The number of methoxy groups -OCH3 is 1. The average molecular weight is 360 g/mol. The van der Waals surface area contributed by atoms with Crippen molar-refractivity contribution < 1.29 is 58.0 Å². The molecule has 134 valence electrons. The van der Waals surface area contributed by atoms with Gasteiger partial charge in [-0.15, -0.1) is 0 Å². The van der Waals surface area contributed by atoms with Gasteiger partial charge < -0.3 is 9.47 Å². The number of rotatable bonds is 4. The fourth-order valence-electron chi connectivity index (χ4n) is 0.530. The molecule has 0 aromatic rings. The first-order valence-corrected chi connectivity index (χ1v) is 4.96. The molecule has 0 aliphatic carbocycles. The highest BCUT2D eigenvalue weighted by molar-refractivity contribution is 5.87. The number of esters is 2. The van der Waals surface area contributed by atoms with Crippen LogP contribution < -0.4 is 0 Å². The average Bonchev–Trinajstić information content (AvgIpc) is 2.49. The molecule has 0 rings (SSSR count). The van der Waals surface area contributed by atoms with E-state index in [-0.39, 0.29) is 0 Å². The van der Waals surface area contributed by atoms with Crippen molar-refractivity contribution in [1.29, 1.82) is 0 Å². The second kappa shape index (κ2) is 7.97. The van der Waals surface area contributed by atoms with E-state index in [2.05, 4.69) is 22.6 Å². The number of alkyl halides is 7. The zero-order valence-corrected chi connectivity index (χ0v) is 11.2. The third kappa shape index (κ3) is 6.70. The molecule has 0 unspecified atom stereocenters. The van der Waals surface area contributed by atoms with E-state index in [1.807, 2.05) is 0 Å². The predicted octanol–water partition coefficient (Wildman–Crippen LogP) is 3.63. The summed E-state index contributed by atoms with van der Waals surface area (Å²) in [6.45, 7) is -0.294. The van der Waals surface area contributed by atoms with E-state index in [1.165, 1.54) is 0 Å². The minimum absolute atomic E-state index is 0.491. The minimum Gasteiger partial charge on any atom is -0.466 e. The Balaban J connectivity index is 0. The van der Waals surface area contributed by atoms with Crippen molar-refractivity contribution in [2.75, 3.05) is 7.11 Å². The van der Waals surface area contributed by atoms with Crippen LogP contribution >= 0.6 is 0 Å². The van der Waals surface area contributed by atoms with Crippen molar-refractivity contribution in [3.63, 3.8) is 0 Å². The quantitative estimate of drug-likeness (QED) is 0.436. The van der Waals surface area contributed by atoms with Crippen LogP contribution in [0.1, 0.15) is 21.9 Å². The van der Waals surface area contributed by atoms with Crippen LogP contribution in [-0.4, -0.2) is 37.3 Å². The van der Waals surface area contributed by atoms with Gasteiger partial charge in [0, 0.05) is 19.4 Å². The molecule has 0 saturated carbocycles. The molecule has 0 amide bonds. The van der Waals surface area contributed by atoms with Crippen molar-refractivity contribution in [3.05, 3.63) is 24.3 Å². The van der Waals surface area contributed by atoms with Gasteiger partial charge in [0.15, 0.2) is 0 Å². The zero-order chi connectivity index (χ0) is 24.2. The Kier molecular flexibility index (Phi) is 4.64. The fourth-order valence-corrected chi connectivity index (χ4v) is 0.530. The van der Waals surface area contributed by atoms with Crippen LogP contribution in [0.2, 0.25) is 0 Å². The summed E-state index contributed by atoms with van der Waals surface area (Å²) < 4.78 is 131. The molecular weight excluding hydrogens is 341 g/mol. The van der Waals surface area contributed by atoms with Gasteiger partial charge in [0.1, 0.15) is 0 Å². The first kappa shape index (κ1) is 13.4. The summed E-state index contributed by atoms with van der Waals surface area (Å²) in [7, 11) is 1.11. The van der Waals surface area contributed by atoms with Gasteiger partial charge in [-0.25, -0.2) is 9.59 Å². The highest BCUT2D eigenvalue weighted by Crippen LogP contribution is 2.47. The van der Waals surface area contributed by atoms with Crippen LogP contribution in [0.15, 0.2) is 24.3 Å². The lowest BCUT2D eigenvalue weighted by atomic mass is 10.3. The maximum Gasteiger partial charge on any atom is 0.476 e. The molecule has 0 radical (unpaired) electrons. The van der Waals surface area contributed by atoms with E-state index in [0.29, 0.717) is 0 Å². The lowest BCUT2D eigenvalue weighted by Gasteiger charge is -2.26. The molecule has 4 nitrogen and oxygen atoms in total. The molecule has 0 spiro atoms. The number of ether oxygens (including phenoxy) is 2. The predicted molar refractivity (Wildman–Crippen MR) is 63.7 cm³/mol. The van der Waals surface area contributed by atoms with Crippen LogP contribution in [0, 0.1) is 0 Å². The number of carbonyl (C=O) groups is 2. The van der Waals surface area contributed by atoms with Gasteiger partial charge in [0.05, 0.1) is 7.11 Å². The van der Waals surface area contributed by atoms with Crippen LogP contribution in [-0.2, 0) is 19.1 Å². The topological polar surface area (TPSA) is 52.6 Å². The van der Waals surface area contributed by atoms with Crippen molar-refractivity contribution >= 4 is 11.9 Å². The zero-order valence-electron chi connectivity index (χ0n) is 17.2. The highest BCUT2D eigenvalue weighted by Gasteiger charge is 2.76. The maximum absolute atomic E-state index is 12.6. The van der Waals surface area contributed by atoms with Gasteiger partial charge in [0.2, 0.25) is 0 Å². The molecule has 0 aromatic carbocycles. The van der Waals surface area contributed by atoms with Crippen molar-refractivity contribution in [3.8, 4) is 0 Å². The summed E-state index contributed by atoms with van der Waals surface area (Å²) in [5.41, 5.74) is -2.15. The Morgan fingerprint density at radius 3 is 1.57 bits per heavy atom. The van der Waals surface area contributed by atoms with Crippen molar-refractivity contribution in [2.24, 2.45) is 0 Å². The van der Waals surface area contributed by atoms with Crippen LogP contribution in [0.5, 0.6) is 0 Å². The smallest absolute Gasteiger partial charge is 0.466 e. The van der Waals surface area contributed by atoms with Gasteiger partial charge in [-0.05, 0) is 13.7 Å². The number of hydrogen-bond acceptors (Lipinski definition) is 4. The van der Waals surface area contributed by atoms with Crippen LogP contribution in [0.25, 0.3) is 0 Å². The summed E-state index contributed by atoms with van der Waals surface area (Å²) in [5, 5.41) is 0. The molecule has 0 saturated heterocycles. The van der Waals surface area contributed by atoms with E-state index >= 15 is 0 Å². The fraction of sp³-hybridized carbons (Fsp3) is 0.500. The lowest BCUT2D eigenvalue weighted by molar-refractivity contribution is -0.411. The summed E-state index contributed by atoms with van der Waals surface area (Å²) in [4.78, 5) is 21.2. The SMILES string of the molecule is [2H]C([2H])([2H])C(=C)C(=O)OC.[2H]C([2H])([2H])C(=C)C(=O)OC(F)(F)C(F)(F)C(F)(F)F. The molecule has 23 heavy (non-hydrogen) atoms. The first-order valence-electron chi connectivity index (χ1n) is 7.96. The van der Waals surface area contributed by atoms with E-state index in [4.69, 9.17) is 8.22 Å². The lowest BCUT2D eigenvalue weighted by Crippen LogP contribution is -2.54. The van der Waals surface area contributed by atoms with E-state index in [9.17, 15) is 40.3 Å². The minimum atomic E-state index is -6.70. The molecule has 0 atom stereocenters. The molecule has 0 N–H and O–H groups in total. The Morgan fingerprint density at radius 2 is 1.30 bits per heavy atom. The summed E-state index contributed by atoms with van der Waals surface area (Å²) in [6, 6.07) is 0. The number of halogens is 7. The van der Waals surface area contributed by atoms with Gasteiger partial charge in [0.25, 0.3) is 0 Å². The summed E-state index contributed by atoms with van der Waals surface area (Å²) >= 11 is 0. The van der Waals surface area contributed by atoms with Crippen molar-refractivity contribution in [1.82, 2.24) is 0 Å². The van der Waals surface area contributed by atoms with E-state index in [1.54, 1.807) is 0 Å². The Labute approximate surface area is 135 Å². The number of hydrogen-bond donors (Lipinski definition) is 0. The molecule has 0 aromatic heterocycles. The standard InChI is InChI=1S/C7H5F7O2.C5H8O2/c1-3(2)4(15)16-7(13,14)5(8,9)6(10,11)12;1-4(2)5(6)7-3/h1H2,2H3;1H2,2-3H3/i2*2D3. The third-order valence-electron chi connectivity index (χ3n) is 1.62. The second-order valence-corrected chi connectivity index (χ2v) is 3.43. The first-order chi connectivity index (χ1) is 12.4. The summed E-state index contributed by atoms with van der Waals surface area (Å²) in [5.74, 6) is -10.2. The maximum atomic E-state index is 12.6. The highest BCUT2D eigenvalue weighted by atomic mass is 19.4. The third-order valence-corrected chi connectivity index (χ3v) is 1.62. The van der Waals surface area contributed by atoms with E-state index < -0.39 is 55.0 Å². The molecule has 0 fully saturated rings. The van der Waals surface area contributed by atoms with Gasteiger partial charge in [-0.1, -0.05) is 13.2 Å². The molecule has 0 aliphatic heterocycles. The Morgan fingerprint density at radius 1 is 0.913 bits per heavy atom. The monoisotopic (exact) mass is 360 g/mol.